The molecule has 15 heteroatoms. The first-order valence-electron chi connectivity index (χ1n) is 10.5. The van der Waals surface area contributed by atoms with Crippen LogP contribution in [0.5, 0.6) is 11.5 Å². The van der Waals surface area contributed by atoms with Crippen molar-refractivity contribution in [2.24, 2.45) is 0 Å². The van der Waals surface area contributed by atoms with Crippen molar-refractivity contribution in [3.8, 4) is 11.5 Å². The number of carbonyl (C=O) groups is 1. The number of aliphatic carboxylic acids is 1. The maximum Gasteiger partial charge on any atom is 0.420 e. The number of aromatic nitrogens is 1. The fourth-order valence-electron chi connectivity index (χ4n) is 3.58. The van der Waals surface area contributed by atoms with Crippen molar-refractivity contribution >= 4 is 50.1 Å². The number of fused-ring (bicyclic) bond motifs is 1. The zero-order chi connectivity index (χ0) is 28.8. The van der Waals surface area contributed by atoms with E-state index in [1.807, 2.05) is 0 Å². The van der Waals surface area contributed by atoms with Gasteiger partial charge in [-0.25, -0.2) is 8.42 Å². The molecule has 0 saturated heterocycles. The van der Waals surface area contributed by atoms with Crippen LogP contribution in [0, 0.1) is 0 Å². The van der Waals surface area contributed by atoms with Crippen LogP contribution in [0.4, 0.5) is 26.3 Å². The SMILES string of the molecule is O=C(O)CSc1cc(C(F)(F)F)c(Oc2ccc3[nH]cc(S(=O)(=O)c4ccc(Cl)cc4)c3c2)c(C(F)(F)F)c1. The van der Waals surface area contributed by atoms with E-state index in [0.717, 1.165) is 18.3 Å². The Morgan fingerprint density at radius 2 is 1.54 bits per heavy atom. The molecular formula is C24H14ClF6NO5S2. The Morgan fingerprint density at radius 1 is 0.949 bits per heavy atom. The van der Waals surface area contributed by atoms with Gasteiger partial charge in [-0.1, -0.05) is 11.6 Å². The molecular weight excluding hydrogens is 596 g/mol. The van der Waals surface area contributed by atoms with Gasteiger partial charge in [0.15, 0.2) is 5.75 Å². The second-order valence-corrected chi connectivity index (χ2v) is 11.3. The number of rotatable bonds is 7. The highest BCUT2D eigenvalue weighted by Gasteiger charge is 2.43. The highest BCUT2D eigenvalue weighted by molar-refractivity contribution is 8.00. The van der Waals surface area contributed by atoms with Crippen LogP contribution in [0.3, 0.4) is 0 Å². The lowest BCUT2D eigenvalue weighted by atomic mass is 10.1. The number of H-pyrrole nitrogens is 1. The normalized spacial score (nSPS) is 12.6. The lowest BCUT2D eigenvalue weighted by Gasteiger charge is -2.20. The predicted octanol–water partition coefficient (Wildman–Crippen LogP) is 7.66. The van der Waals surface area contributed by atoms with Gasteiger partial charge < -0.3 is 14.8 Å². The molecule has 1 aromatic heterocycles. The average molecular weight is 610 g/mol. The molecule has 2 N–H and O–H groups in total. The van der Waals surface area contributed by atoms with E-state index >= 15 is 0 Å². The lowest BCUT2D eigenvalue weighted by molar-refractivity contribution is -0.145. The third kappa shape index (κ3) is 6.12. The summed E-state index contributed by atoms with van der Waals surface area (Å²) in [6.45, 7) is 0. The van der Waals surface area contributed by atoms with E-state index in [1.54, 1.807) is 0 Å². The molecule has 0 atom stereocenters. The number of halogens is 7. The van der Waals surface area contributed by atoms with Crippen LogP contribution in [-0.4, -0.2) is 30.2 Å². The van der Waals surface area contributed by atoms with E-state index in [-0.39, 0.29) is 37.5 Å². The molecule has 39 heavy (non-hydrogen) atoms. The van der Waals surface area contributed by atoms with Crippen molar-refractivity contribution < 1.29 is 49.4 Å². The molecule has 0 saturated carbocycles. The van der Waals surface area contributed by atoms with Crippen LogP contribution in [0.15, 0.2) is 75.5 Å². The van der Waals surface area contributed by atoms with E-state index < -0.39 is 61.4 Å². The Kier molecular flexibility index (Phi) is 7.58. The van der Waals surface area contributed by atoms with E-state index in [1.165, 1.54) is 30.3 Å². The number of sulfone groups is 1. The number of alkyl halides is 6. The number of carboxylic acid groups (broad SMARTS) is 1. The summed E-state index contributed by atoms with van der Waals surface area (Å²) in [4.78, 5) is 12.5. The summed E-state index contributed by atoms with van der Waals surface area (Å²) in [5.74, 6) is -4.28. The Labute approximate surface area is 225 Å². The summed E-state index contributed by atoms with van der Waals surface area (Å²) in [7, 11) is -4.17. The predicted molar refractivity (Wildman–Crippen MR) is 130 cm³/mol. The van der Waals surface area contributed by atoms with Gasteiger partial charge in [-0.3, -0.25) is 4.79 Å². The molecule has 0 spiro atoms. The van der Waals surface area contributed by atoms with Crippen molar-refractivity contribution in [1.82, 2.24) is 4.98 Å². The van der Waals surface area contributed by atoms with E-state index in [2.05, 4.69) is 4.98 Å². The number of nitrogens with one attached hydrogen (secondary N) is 1. The minimum Gasteiger partial charge on any atom is -0.481 e. The van der Waals surface area contributed by atoms with Gasteiger partial charge in [-0.2, -0.15) is 26.3 Å². The lowest BCUT2D eigenvalue weighted by Crippen LogP contribution is -2.14. The number of hydrogen-bond acceptors (Lipinski definition) is 5. The molecule has 0 unspecified atom stereocenters. The topological polar surface area (TPSA) is 96.5 Å². The Morgan fingerprint density at radius 3 is 2.08 bits per heavy atom. The van der Waals surface area contributed by atoms with Crippen molar-refractivity contribution in [2.45, 2.75) is 27.0 Å². The number of hydrogen-bond donors (Lipinski definition) is 2. The van der Waals surface area contributed by atoms with Gasteiger partial charge in [0.2, 0.25) is 9.84 Å². The zero-order valence-electron chi connectivity index (χ0n) is 19.0. The maximum absolute atomic E-state index is 13.9. The largest absolute Gasteiger partial charge is 0.481 e. The standard InChI is InChI=1S/C24H14ClF6NO5S2/c25-12-1-4-15(5-2-12)39(35,36)20-10-32-19-6-3-13(7-16(19)20)37-22-17(23(26,27)28)8-14(38-11-21(33)34)9-18(22)24(29,30)31/h1-10,32H,11H2,(H,33,34). The van der Waals surface area contributed by atoms with Crippen molar-refractivity contribution in [3.63, 3.8) is 0 Å². The fraction of sp³-hybridized carbons (Fsp3) is 0.125. The molecule has 0 fully saturated rings. The molecule has 0 amide bonds. The van der Waals surface area contributed by atoms with Crippen LogP contribution in [0.1, 0.15) is 11.1 Å². The number of thioether (sulfide) groups is 1. The Balaban J connectivity index is 1.84. The van der Waals surface area contributed by atoms with Crippen LogP contribution in [-0.2, 0) is 27.0 Å². The van der Waals surface area contributed by atoms with E-state index in [9.17, 15) is 39.6 Å². The van der Waals surface area contributed by atoms with Crippen LogP contribution >= 0.6 is 23.4 Å². The Bertz CT molecular complexity index is 1630. The minimum atomic E-state index is -5.31. The molecule has 206 valence electrons. The summed E-state index contributed by atoms with van der Waals surface area (Å²) in [6.07, 6.45) is -9.48. The third-order valence-corrected chi connectivity index (χ3v) is 8.31. The monoisotopic (exact) mass is 609 g/mol. The van der Waals surface area contributed by atoms with E-state index in [0.29, 0.717) is 12.1 Å². The molecule has 3 aromatic carbocycles. The molecule has 6 nitrogen and oxygen atoms in total. The number of aromatic amines is 1. The summed E-state index contributed by atoms with van der Waals surface area (Å²) in [5, 5.41) is 9.01. The molecule has 1 heterocycles. The third-order valence-electron chi connectivity index (χ3n) is 5.28. The second kappa shape index (κ2) is 10.3. The number of ether oxygens (including phenoxy) is 1. The number of benzene rings is 3. The zero-order valence-corrected chi connectivity index (χ0v) is 21.4. The molecule has 4 rings (SSSR count). The van der Waals surface area contributed by atoms with Crippen LogP contribution in [0.25, 0.3) is 10.9 Å². The quantitative estimate of drug-likeness (QED) is 0.165. The van der Waals surface area contributed by atoms with Crippen LogP contribution in [0.2, 0.25) is 5.02 Å². The molecule has 4 aromatic rings. The smallest absolute Gasteiger partial charge is 0.420 e. The average Bonchev–Trinajstić information content (AvgIpc) is 3.26. The van der Waals surface area contributed by atoms with Crippen molar-refractivity contribution in [1.29, 1.82) is 0 Å². The minimum absolute atomic E-state index is 0.0433. The summed E-state index contributed by atoms with van der Waals surface area (Å²) in [5.41, 5.74) is -3.34. The van der Waals surface area contributed by atoms with Gasteiger partial charge in [0.1, 0.15) is 5.75 Å². The summed E-state index contributed by atoms with van der Waals surface area (Å²) >= 11 is 6.08. The Hall–Kier alpha value is -3.36. The molecule has 0 radical (unpaired) electrons. The summed E-state index contributed by atoms with van der Waals surface area (Å²) in [6, 6.07) is 9.21. The first-order valence-corrected chi connectivity index (χ1v) is 13.4. The first-order chi connectivity index (χ1) is 18.1. The van der Waals surface area contributed by atoms with Crippen molar-refractivity contribution in [3.05, 3.63) is 76.9 Å². The van der Waals surface area contributed by atoms with Crippen molar-refractivity contribution in [2.75, 3.05) is 5.75 Å². The first kappa shape index (κ1) is 28.6. The fourth-order valence-corrected chi connectivity index (χ4v) is 5.82. The maximum atomic E-state index is 13.9. The molecule has 0 aliphatic carbocycles. The van der Waals surface area contributed by atoms with Crippen LogP contribution < -0.4 is 4.74 Å². The van der Waals surface area contributed by atoms with Gasteiger partial charge in [0, 0.05) is 27.0 Å². The molecule has 0 bridgehead atoms. The molecule has 0 aliphatic rings. The van der Waals surface area contributed by atoms with Gasteiger partial charge in [-0.15, -0.1) is 11.8 Å². The highest BCUT2D eigenvalue weighted by Crippen LogP contribution is 2.48. The van der Waals surface area contributed by atoms with Gasteiger partial charge >= 0.3 is 18.3 Å². The summed E-state index contributed by atoms with van der Waals surface area (Å²) < 4.78 is 115. The van der Waals surface area contributed by atoms with E-state index in [4.69, 9.17) is 21.4 Å². The van der Waals surface area contributed by atoms with Gasteiger partial charge in [0.25, 0.3) is 0 Å². The van der Waals surface area contributed by atoms with Gasteiger partial charge in [0.05, 0.1) is 26.7 Å². The molecule has 0 aliphatic heterocycles. The number of carboxylic acids is 1. The second-order valence-electron chi connectivity index (χ2n) is 7.95. The highest BCUT2D eigenvalue weighted by atomic mass is 35.5. The van der Waals surface area contributed by atoms with Gasteiger partial charge in [-0.05, 0) is 54.6 Å².